The maximum absolute atomic E-state index is 15.1. The van der Waals surface area contributed by atoms with E-state index in [2.05, 4.69) is 19.9 Å². The summed E-state index contributed by atoms with van der Waals surface area (Å²) in [5.74, 6) is 0.0981. The summed E-state index contributed by atoms with van der Waals surface area (Å²) in [7, 11) is 0. The van der Waals surface area contributed by atoms with Gasteiger partial charge in [0.15, 0.2) is 11.6 Å². The number of aromatic nitrogens is 4. The lowest BCUT2D eigenvalue weighted by Gasteiger charge is -2.13. The number of rotatable bonds is 4. The van der Waals surface area contributed by atoms with Crippen molar-refractivity contribution in [2.24, 2.45) is 0 Å². The van der Waals surface area contributed by atoms with Gasteiger partial charge in [-0.1, -0.05) is 12.1 Å². The Hall–Kier alpha value is -2.89. The first-order valence-electron chi connectivity index (χ1n) is 7.35. The Morgan fingerprint density at radius 3 is 2.48 bits per heavy atom. The molecule has 114 valence electrons. The molecule has 4 rings (SSSR count). The number of benzene rings is 1. The molecule has 0 saturated heterocycles. The highest BCUT2D eigenvalue weighted by Crippen LogP contribution is 2.47. The molecule has 2 aromatic heterocycles. The lowest BCUT2D eigenvalue weighted by molar-refractivity contribution is 0.406. The van der Waals surface area contributed by atoms with Gasteiger partial charge in [0, 0.05) is 41.5 Å². The van der Waals surface area contributed by atoms with Gasteiger partial charge in [0.05, 0.1) is 0 Å². The number of hydrogen-bond acceptors (Lipinski definition) is 5. The molecule has 1 aromatic carbocycles. The van der Waals surface area contributed by atoms with Crippen LogP contribution in [-0.2, 0) is 0 Å². The average Bonchev–Trinajstić information content (AvgIpc) is 3.43. The minimum Gasteiger partial charge on any atom is -0.421 e. The van der Waals surface area contributed by atoms with Gasteiger partial charge in [-0.2, -0.15) is 0 Å². The van der Waals surface area contributed by atoms with Crippen molar-refractivity contribution in [3.05, 3.63) is 60.7 Å². The van der Waals surface area contributed by atoms with Crippen LogP contribution in [0.5, 0.6) is 11.8 Å². The van der Waals surface area contributed by atoms with E-state index in [0.29, 0.717) is 17.0 Å². The van der Waals surface area contributed by atoms with Gasteiger partial charge < -0.3 is 4.74 Å². The van der Waals surface area contributed by atoms with Gasteiger partial charge in [-0.25, -0.2) is 24.3 Å². The molecule has 23 heavy (non-hydrogen) atoms. The van der Waals surface area contributed by atoms with Crippen molar-refractivity contribution < 1.29 is 9.13 Å². The van der Waals surface area contributed by atoms with Crippen LogP contribution in [0.4, 0.5) is 4.39 Å². The summed E-state index contributed by atoms with van der Waals surface area (Å²) < 4.78 is 20.7. The predicted octanol–water partition coefficient (Wildman–Crippen LogP) is 3.74. The first-order valence-corrected chi connectivity index (χ1v) is 7.35. The molecule has 0 spiro atoms. The maximum atomic E-state index is 15.1. The van der Waals surface area contributed by atoms with Crippen LogP contribution in [0.1, 0.15) is 24.3 Å². The summed E-state index contributed by atoms with van der Waals surface area (Å²) >= 11 is 0. The van der Waals surface area contributed by atoms with Crippen LogP contribution >= 0.6 is 0 Å². The molecule has 0 unspecified atom stereocenters. The monoisotopic (exact) mass is 308 g/mol. The Balaban J connectivity index is 1.81. The Bertz CT molecular complexity index is 823. The van der Waals surface area contributed by atoms with E-state index in [-0.39, 0.29) is 11.8 Å². The molecule has 0 aliphatic heterocycles. The molecule has 0 atom stereocenters. The van der Waals surface area contributed by atoms with Crippen LogP contribution < -0.4 is 4.74 Å². The second-order valence-corrected chi connectivity index (χ2v) is 5.38. The quantitative estimate of drug-likeness (QED) is 0.734. The molecular formula is C17H13FN4O. The van der Waals surface area contributed by atoms with Gasteiger partial charge in [-0.15, -0.1) is 0 Å². The van der Waals surface area contributed by atoms with Gasteiger partial charge in [0.2, 0.25) is 0 Å². The van der Waals surface area contributed by atoms with E-state index in [1.54, 1.807) is 36.9 Å². The second-order valence-electron chi connectivity index (χ2n) is 5.38. The maximum Gasteiger partial charge on any atom is 0.321 e. The second kappa shape index (κ2) is 5.72. The summed E-state index contributed by atoms with van der Waals surface area (Å²) in [5, 5.41) is 0. The lowest BCUT2D eigenvalue weighted by Crippen LogP contribution is -1.99. The van der Waals surface area contributed by atoms with Gasteiger partial charge in [-0.05, 0) is 24.8 Å². The van der Waals surface area contributed by atoms with E-state index < -0.39 is 5.82 Å². The van der Waals surface area contributed by atoms with Crippen molar-refractivity contribution >= 4 is 0 Å². The molecule has 0 N–H and O–H groups in total. The first-order chi connectivity index (χ1) is 11.3. The standard InChI is InChI=1S/C17H13FN4O/c18-15-13(12-8-19-10-20-9-12)4-5-14(11-2-3-11)16(15)23-17-21-6-1-7-22-17/h1,4-11H,2-3H2. The van der Waals surface area contributed by atoms with Crippen molar-refractivity contribution in [2.75, 3.05) is 0 Å². The van der Waals surface area contributed by atoms with Crippen molar-refractivity contribution in [2.45, 2.75) is 18.8 Å². The van der Waals surface area contributed by atoms with Crippen molar-refractivity contribution in [3.63, 3.8) is 0 Å². The molecular weight excluding hydrogens is 295 g/mol. The first kappa shape index (κ1) is 13.8. The fourth-order valence-electron chi connectivity index (χ4n) is 2.48. The molecule has 2 heterocycles. The Morgan fingerprint density at radius 2 is 1.78 bits per heavy atom. The largest absolute Gasteiger partial charge is 0.421 e. The van der Waals surface area contributed by atoms with Crippen LogP contribution in [0.3, 0.4) is 0 Å². The zero-order valence-corrected chi connectivity index (χ0v) is 12.2. The third kappa shape index (κ3) is 2.75. The van der Waals surface area contributed by atoms with E-state index in [0.717, 1.165) is 18.4 Å². The van der Waals surface area contributed by atoms with Crippen LogP contribution in [-0.4, -0.2) is 19.9 Å². The molecule has 0 radical (unpaired) electrons. The van der Waals surface area contributed by atoms with Crippen LogP contribution in [0.15, 0.2) is 49.3 Å². The van der Waals surface area contributed by atoms with Crippen molar-refractivity contribution in [1.82, 2.24) is 19.9 Å². The summed E-state index contributed by atoms with van der Waals surface area (Å²) in [5.41, 5.74) is 1.86. The van der Waals surface area contributed by atoms with E-state index in [9.17, 15) is 0 Å². The minimum atomic E-state index is -0.434. The summed E-state index contributed by atoms with van der Waals surface area (Å²) in [6, 6.07) is 5.47. The molecule has 0 amide bonds. The fourth-order valence-corrected chi connectivity index (χ4v) is 2.48. The highest BCUT2D eigenvalue weighted by Gasteiger charge is 2.30. The molecule has 1 fully saturated rings. The van der Waals surface area contributed by atoms with E-state index in [4.69, 9.17) is 4.74 Å². The summed E-state index contributed by atoms with van der Waals surface area (Å²) in [4.78, 5) is 15.9. The van der Waals surface area contributed by atoms with Crippen molar-refractivity contribution in [3.8, 4) is 22.9 Å². The lowest BCUT2D eigenvalue weighted by atomic mass is 10.0. The van der Waals surface area contributed by atoms with E-state index in [1.165, 1.54) is 6.33 Å². The highest BCUT2D eigenvalue weighted by atomic mass is 19.1. The summed E-state index contributed by atoms with van der Waals surface area (Å²) in [6.45, 7) is 0. The molecule has 1 aliphatic rings. The summed E-state index contributed by atoms with van der Waals surface area (Å²) in [6.07, 6.45) is 9.77. The van der Waals surface area contributed by atoms with Gasteiger partial charge in [0.25, 0.3) is 0 Å². The number of nitrogens with zero attached hydrogens (tertiary/aromatic N) is 4. The third-order valence-corrected chi connectivity index (χ3v) is 3.75. The number of halogens is 1. The van der Waals surface area contributed by atoms with Crippen molar-refractivity contribution in [1.29, 1.82) is 0 Å². The van der Waals surface area contributed by atoms with Gasteiger partial charge >= 0.3 is 6.01 Å². The predicted molar refractivity (Wildman–Crippen MR) is 81.5 cm³/mol. The number of ether oxygens (including phenoxy) is 1. The smallest absolute Gasteiger partial charge is 0.321 e. The third-order valence-electron chi connectivity index (χ3n) is 3.75. The van der Waals surface area contributed by atoms with Crippen LogP contribution in [0.25, 0.3) is 11.1 Å². The van der Waals surface area contributed by atoms with Gasteiger partial charge in [-0.3, -0.25) is 0 Å². The zero-order valence-electron chi connectivity index (χ0n) is 12.2. The minimum absolute atomic E-state index is 0.134. The molecule has 1 saturated carbocycles. The Labute approximate surface area is 132 Å². The van der Waals surface area contributed by atoms with Crippen LogP contribution in [0.2, 0.25) is 0 Å². The average molecular weight is 308 g/mol. The number of hydrogen-bond donors (Lipinski definition) is 0. The highest BCUT2D eigenvalue weighted by molar-refractivity contribution is 5.66. The van der Waals surface area contributed by atoms with E-state index >= 15 is 4.39 Å². The topological polar surface area (TPSA) is 60.8 Å². The molecule has 0 bridgehead atoms. The van der Waals surface area contributed by atoms with Crippen LogP contribution in [0, 0.1) is 5.82 Å². The molecule has 6 heteroatoms. The Morgan fingerprint density at radius 1 is 1.04 bits per heavy atom. The molecule has 3 aromatic rings. The molecule has 5 nitrogen and oxygen atoms in total. The molecule has 1 aliphatic carbocycles. The van der Waals surface area contributed by atoms with E-state index in [1.807, 2.05) is 6.07 Å². The normalized spacial score (nSPS) is 13.8. The fraction of sp³-hybridized carbons (Fsp3) is 0.176. The SMILES string of the molecule is Fc1c(-c2cncnc2)ccc(C2CC2)c1Oc1ncccn1. The zero-order chi connectivity index (χ0) is 15.6. The van der Waals surface area contributed by atoms with Gasteiger partial charge in [0.1, 0.15) is 6.33 Å². The Kier molecular flexibility index (Phi) is 3.42.